The highest BCUT2D eigenvalue weighted by atomic mass is 16.2. The normalized spacial score (nSPS) is 30.9. The van der Waals surface area contributed by atoms with E-state index in [9.17, 15) is 4.79 Å². The Kier molecular flexibility index (Phi) is 3.26. The Labute approximate surface area is 126 Å². The maximum Gasteiger partial charge on any atom is 0.229 e. The largest absolute Gasteiger partial charge is 0.335 e. The van der Waals surface area contributed by atoms with Crippen LogP contribution < -0.4 is 5.32 Å². The minimum Gasteiger partial charge on any atom is -0.335 e. The molecule has 2 heterocycles. The zero-order valence-corrected chi connectivity index (χ0v) is 12.6. The zero-order chi connectivity index (χ0) is 14.3. The van der Waals surface area contributed by atoms with Gasteiger partial charge < -0.3 is 10.2 Å². The second-order valence-electron chi connectivity index (χ2n) is 6.93. The van der Waals surface area contributed by atoms with E-state index in [0.717, 1.165) is 32.5 Å². The van der Waals surface area contributed by atoms with E-state index < -0.39 is 0 Å². The van der Waals surface area contributed by atoms with Gasteiger partial charge in [0.2, 0.25) is 5.91 Å². The van der Waals surface area contributed by atoms with Crippen LogP contribution in [0.25, 0.3) is 0 Å². The average Bonchev–Trinajstić information content (AvgIpc) is 3.09. The Balaban J connectivity index is 1.64. The summed E-state index contributed by atoms with van der Waals surface area (Å²) in [7, 11) is 0. The topological polar surface area (TPSA) is 32.3 Å². The van der Waals surface area contributed by atoms with Crippen LogP contribution in [0.5, 0.6) is 0 Å². The standard InChI is InChI=1S/C18H24N2O/c21-17-18(9-11-19-12-10-18)15-7-4-8-16(15)20(17)13-14-5-2-1-3-6-14/h1-3,5-6,15-16,19H,4,7-13H2/t15-,16+/m0/s1. The van der Waals surface area contributed by atoms with Gasteiger partial charge in [0, 0.05) is 12.6 Å². The maximum absolute atomic E-state index is 13.2. The number of rotatable bonds is 2. The third kappa shape index (κ3) is 2.02. The molecule has 0 bridgehead atoms. The molecule has 1 N–H and O–H groups in total. The lowest BCUT2D eigenvalue weighted by atomic mass is 9.69. The molecular weight excluding hydrogens is 260 g/mol. The highest BCUT2D eigenvalue weighted by Gasteiger charge is 2.59. The maximum atomic E-state index is 13.2. The first-order valence-electron chi connectivity index (χ1n) is 8.37. The number of nitrogens with one attached hydrogen (secondary N) is 1. The van der Waals surface area contributed by atoms with Gasteiger partial charge in [0.25, 0.3) is 0 Å². The van der Waals surface area contributed by atoms with Crippen molar-refractivity contribution in [3.63, 3.8) is 0 Å². The van der Waals surface area contributed by atoms with Gasteiger partial charge in [-0.1, -0.05) is 36.8 Å². The van der Waals surface area contributed by atoms with Gasteiger partial charge in [-0.2, -0.15) is 0 Å². The fourth-order valence-corrected chi connectivity index (χ4v) is 4.98. The summed E-state index contributed by atoms with van der Waals surface area (Å²) in [6.45, 7) is 2.82. The molecule has 21 heavy (non-hydrogen) atoms. The lowest BCUT2D eigenvalue weighted by Gasteiger charge is -2.36. The third-order valence-electron chi connectivity index (χ3n) is 5.97. The summed E-state index contributed by atoms with van der Waals surface area (Å²) in [5.41, 5.74) is 1.23. The molecule has 3 nitrogen and oxygen atoms in total. The number of hydrogen-bond acceptors (Lipinski definition) is 2. The molecule has 3 fully saturated rings. The van der Waals surface area contributed by atoms with Crippen LogP contribution in [-0.4, -0.2) is 29.9 Å². The molecule has 0 aromatic heterocycles. The summed E-state index contributed by atoms with van der Waals surface area (Å²) in [4.78, 5) is 15.4. The first kappa shape index (κ1) is 13.3. The van der Waals surface area contributed by atoms with Crippen LogP contribution in [-0.2, 0) is 11.3 Å². The van der Waals surface area contributed by atoms with Crippen molar-refractivity contribution in [1.82, 2.24) is 10.2 Å². The Bertz CT molecular complexity index is 521. The van der Waals surface area contributed by atoms with Crippen LogP contribution in [0.15, 0.2) is 30.3 Å². The highest BCUT2D eigenvalue weighted by molar-refractivity contribution is 5.86. The van der Waals surface area contributed by atoms with Gasteiger partial charge in [0.05, 0.1) is 5.41 Å². The van der Waals surface area contributed by atoms with Crippen LogP contribution in [0, 0.1) is 11.3 Å². The second-order valence-corrected chi connectivity index (χ2v) is 6.93. The van der Waals surface area contributed by atoms with E-state index in [-0.39, 0.29) is 5.41 Å². The Hall–Kier alpha value is -1.35. The summed E-state index contributed by atoms with van der Waals surface area (Å²) < 4.78 is 0. The number of amides is 1. The molecule has 0 radical (unpaired) electrons. The van der Waals surface area contributed by atoms with Crippen molar-refractivity contribution in [2.24, 2.45) is 11.3 Å². The van der Waals surface area contributed by atoms with Crippen molar-refractivity contribution in [1.29, 1.82) is 0 Å². The number of carbonyl (C=O) groups excluding carboxylic acids is 1. The summed E-state index contributed by atoms with van der Waals surface area (Å²) in [5.74, 6) is 1.05. The Morgan fingerprint density at radius 3 is 2.67 bits per heavy atom. The van der Waals surface area contributed by atoms with Crippen molar-refractivity contribution in [3.05, 3.63) is 35.9 Å². The van der Waals surface area contributed by atoms with Crippen LogP contribution in [0.2, 0.25) is 0 Å². The van der Waals surface area contributed by atoms with Gasteiger partial charge in [-0.05, 0) is 50.3 Å². The molecule has 1 saturated carbocycles. The molecule has 4 rings (SSSR count). The van der Waals surface area contributed by atoms with Crippen molar-refractivity contribution in [2.45, 2.75) is 44.7 Å². The van der Waals surface area contributed by atoms with E-state index in [1.807, 2.05) is 6.07 Å². The average molecular weight is 284 g/mol. The quantitative estimate of drug-likeness (QED) is 0.905. The summed E-state index contributed by atoms with van der Waals surface area (Å²) in [6.07, 6.45) is 5.83. The number of likely N-dealkylation sites (tertiary alicyclic amines) is 1. The van der Waals surface area contributed by atoms with Crippen LogP contribution in [0.4, 0.5) is 0 Å². The second kappa shape index (κ2) is 5.13. The predicted octanol–water partition coefficient (Wildman–Crippen LogP) is 2.57. The molecule has 112 valence electrons. The highest BCUT2D eigenvalue weighted by Crippen LogP contribution is 2.54. The minimum absolute atomic E-state index is 0.0405. The zero-order valence-electron chi connectivity index (χ0n) is 12.6. The SMILES string of the molecule is O=C1N(Cc2ccccc2)[C@@H]2CCC[C@@H]2C12CCNCC2. The van der Waals surface area contributed by atoms with E-state index >= 15 is 0 Å². The Morgan fingerprint density at radius 1 is 1.14 bits per heavy atom. The van der Waals surface area contributed by atoms with E-state index in [2.05, 4.69) is 34.5 Å². The number of piperidine rings is 1. The van der Waals surface area contributed by atoms with E-state index in [4.69, 9.17) is 0 Å². The third-order valence-corrected chi connectivity index (χ3v) is 5.97. The molecule has 2 saturated heterocycles. The summed E-state index contributed by atoms with van der Waals surface area (Å²) in [6, 6.07) is 11.0. The monoisotopic (exact) mass is 284 g/mol. The van der Waals surface area contributed by atoms with Crippen LogP contribution in [0.1, 0.15) is 37.7 Å². The summed E-state index contributed by atoms with van der Waals surface area (Å²) >= 11 is 0. The summed E-state index contributed by atoms with van der Waals surface area (Å²) in [5, 5.41) is 3.43. The fraction of sp³-hybridized carbons (Fsp3) is 0.611. The molecule has 3 aliphatic rings. The lowest BCUT2D eigenvalue weighted by molar-refractivity contribution is -0.139. The van der Waals surface area contributed by atoms with Gasteiger partial charge >= 0.3 is 0 Å². The fourth-order valence-electron chi connectivity index (χ4n) is 4.98. The molecule has 1 aromatic rings. The van der Waals surface area contributed by atoms with Gasteiger partial charge in [0.15, 0.2) is 0 Å². The van der Waals surface area contributed by atoms with Crippen LogP contribution >= 0.6 is 0 Å². The first-order valence-corrected chi connectivity index (χ1v) is 8.37. The number of carbonyl (C=O) groups is 1. The smallest absolute Gasteiger partial charge is 0.229 e. The first-order chi connectivity index (χ1) is 10.3. The molecule has 0 unspecified atom stereocenters. The molecular formula is C18H24N2O. The van der Waals surface area contributed by atoms with Gasteiger partial charge in [-0.3, -0.25) is 4.79 Å². The van der Waals surface area contributed by atoms with E-state index in [0.29, 0.717) is 17.9 Å². The van der Waals surface area contributed by atoms with Crippen LogP contribution in [0.3, 0.4) is 0 Å². The number of benzene rings is 1. The van der Waals surface area contributed by atoms with Gasteiger partial charge in [-0.15, -0.1) is 0 Å². The van der Waals surface area contributed by atoms with Crippen molar-refractivity contribution in [3.8, 4) is 0 Å². The molecule has 1 spiro atoms. The van der Waals surface area contributed by atoms with Gasteiger partial charge in [-0.25, -0.2) is 0 Å². The molecule has 3 heteroatoms. The van der Waals surface area contributed by atoms with Crippen molar-refractivity contribution in [2.75, 3.05) is 13.1 Å². The number of nitrogens with zero attached hydrogens (tertiary/aromatic N) is 1. The molecule has 1 aromatic carbocycles. The molecule has 2 atom stereocenters. The van der Waals surface area contributed by atoms with Crippen molar-refractivity contribution >= 4 is 5.91 Å². The number of fused-ring (bicyclic) bond motifs is 2. The minimum atomic E-state index is -0.0405. The number of hydrogen-bond donors (Lipinski definition) is 1. The molecule has 1 aliphatic carbocycles. The Morgan fingerprint density at radius 2 is 1.90 bits per heavy atom. The van der Waals surface area contributed by atoms with Crippen molar-refractivity contribution < 1.29 is 4.79 Å². The van der Waals surface area contributed by atoms with E-state index in [1.54, 1.807) is 0 Å². The predicted molar refractivity (Wildman–Crippen MR) is 82.7 cm³/mol. The van der Waals surface area contributed by atoms with Gasteiger partial charge in [0.1, 0.15) is 0 Å². The molecule has 1 amide bonds. The van der Waals surface area contributed by atoms with E-state index in [1.165, 1.54) is 24.8 Å². The lowest BCUT2D eigenvalue weighted by Crippen LogP contribution is -2.45. The molecule has 2 aliphatic heterocycles.